The third-order valence-electron chi connectivity index (χ3n) is 4.87. The van der Waals surface area contributed by atoms with Gasteiger partial charge in [-0.1, -0.05) is 30.3 Å². The molecule has 1 aliphatic rings. The van der Waals surface area contributed by atoms with Crippen LogP contribution in [0.3, 0.4) is 0 Å². The number of methoxy groups -OCH3 is 1. The molecule has 1 aliphatic heterocycles. The first kappa shape index (κ1) is 23.5. The van der Waals surface area contributed by atoms with Crippen LogP contribution in [0.1, 0.15) is 22.3 Å². The van der Waals surface area contributed by atoms with E-state index in [1.807, 2.05) is 0 Å². The lowest BCUT2D eigenvalue weighted by atomic mass is 9.91. The van der Waals surface area contributed by atoms with Gasteiger partial charge in [-0.25, -0.2) is 0 Å². The Hall–Kier alpha value is -3.15. The summed E-state index contributed by atoms with van der Waals surface area (Å²) in [7, 11) is 1.30. The summed E-state index contributed by atoms with van der Waals surface area (Å²) in [6.45, 7) is 0. The zero-order chi connectivity index (χ0) is 23.9. The second-order valence-corrected chi connectivity index (χ2v) is 6.90. The van der Waals surface area contributed by atoms with E-state index in [1.165, 1.54) is 49.6 Å². The van der Waals surface area contributed by atoms with Crippen molar-refractivity contribution in [1.82, 2.24) is 5.01 Å². The highest BCUT2D eigenvalue weighted by atomic mass is 19.4. The van der Waals surface area contributed by atoms with Gasteiger partial charge < -0.3 is 9.84 Å². The van der Waals surface area contributed by atoms with E-state index < -0.39 is 52.4 Å². The van der Waals surface area contributed by atoms with Crippen LogP contribution < -0.4 is 4.74 Å². The Labute approximate surface area is 176 Å². The lowest BCUT2D eigenvalue weighted by Gasteiger charge is -2.41. The SMILES string of the molecule is COc1ccc(C(=O)N2N=C(c3ccccc3)C[C@]2(O)C(F)(F)C(F)(F)C(F)(F)F)cc1. The first-order chi connectivity index (χ1) is 14.8. The Balaban J connectivity index is 2.13. The van der Waals surface area contributed by atoms with E-state index in [9.17, 15) is 40.6 Å². The minimum Gasteiger partial charge on any atom is -0.497 e. The molecule has 0 unspecified atom stereocenters. The fourth-order valence-electron chi connectivity index (χ4n) is 3.08. The van der Waals surface area contributed by atoms with Gasteiger partial charge in [-0.05, 0) is 29.8 Å². The molecule has 0 saturated carbocycles. The van der Waals surface area contributed by atoms with Crippen LogP contribution in [0, 0.1) is 0 Å². The largest absolute Gasteiger partial charge is 0.497 e. The molecular weight excluding hydrogens is 449 g/mol. The smallest absolute Gasteiger partial charge is 0.460 e. The van der Waals surface area contributed by atoms with Crippen molar-refractivity contribution in [2.45, 2.75) is 30.2 Å². The molecule has 1 amide bonds. The van der Waals surface area contributed by atoms with Gasteiger partial charge in [0.1, 0.15) is 5.75 Å². The van der Waals surface area contributed by atoms with Gasteiger partial charge in [0, 0.05) is 12.0 Å². The van der Waals surface area contributed by atoms with Crippen LogP contribution in [0.15, 0.2) is 59.7 Å². The third-order valence-corrected chi connectivity index (χ3v) is 4.87. The van der Waals surface area contributed by atoms with Crippen molar-refractivity contribution in [3.63, 3.8) is 0 Å². The summed E-state index contributed by atoms with van der Waals surface area (Å²) in [5.74, 6) is -14.1. The van der Waals surface area contributed by atoms with Crippen LogP contribution in [-0.4, -0.2) is 52.6 Å². The maximum atomic E-state index is 14.7. The second kappa shape index (κ2) is 7.76. The fourth-order valence-corrected chi connectivity index (χ4v) is 3.08. The van der Waals surface area contributed by atoms with E-state index in [-0.39, 0.29) is 11.3 Å². The van der Waals surface area contributed by atoms with Crippen LogP contribution in [0.4, 0.5) is 30.7 Å². The second-order valence-electron chi connectivity index (χ2n) is 6.90. The zero-order valence-corrected chi connectivity index (χ0v) is 16.2. The molecule has 1 N–H and O–H groups in total. The van der Waals surface area contributed by atoms with Gasteiger partial charge in [-0.3, -0.25) is 4.79 Å². The van der Waals surface area contributed by atoms with E-state index >= 15 is 0 Å². The predicted octanol–water partition coefficient (Wildman–Crippen LogP) is 4.47. The quantitative estimate of drug-likeness (QED) is 0.665. The lowest BCUT2D eigenvalue weighted by Crippen LogP contribution is -2.69. The van der Waals surface area contributed by atoms with Crippen molar-refractivity contribution in [2.75, 3.05) is 7.11 Å². The summed E-state index contributed by atoms with van der Waals surface area (Å²) in [6.07, 6.45) is -8.19. The fraction of sp³-hybridized carbons (Fsp3) is 0.300. The van der Waals surface area contributed by atoms with E-state index in [1.54, 1.807) is 0 Å². The number of nitrogens with zero attached hydrogens (tertiary/aromatic N) is 2. The maximum absolute atomic E-state index is 14.7. The highest BCUT2D eigenvalue weighted by molar-refractivity contribution is 6.05. The summed E-state index contributed by atoms with van der Waals surface area (Å²) >= 11 is 0. The van der Waals surface area contributed by atoms with Gasteiger partial charge in [0.05, 0.1) is 12.8 Å². The van der Waals surface area contributed by atoms with Crippen molar-refractivity contribution < 1.29 is 45.4 Å². The number of rotatable bonds is 5. The van der Waals surface area contributed by atoms with Crippen LogP contribution in [0.2, 0.25) is 0 Å². The number of carbonyl (C=O) groups excluding carboxylic acids is 1. The van der Waals surface area contributed by atoms with Gasteiger partial charge in [0.25, 0.3) is 5.91 Å². The Morgan fingerprint density at radius 1 is 1.00 bits per heavy atom. The molecule has 5 nitrogen and oxygen atoms in total. The Morgan fingerprint density at radius 3 is 2.06 bits per heavy atom. The first-order valence-corrected chi connectivity index (χ1v) is 8.92. The molecule has 0 radical (unpaired) electrons. The normalized spacial score (nSPS) is 19.7. The van der Waals surface area contributed by atoms with Crippen molar-refractivity contribution in [1.29, 1.82) is 0 Å². The molecule has 0 aliphatic carbocycles. The molecule has 0 fully saturated rings. The maximum Gasteiger partial charge on any atom is 0.460 e. The molecule has 2 aromatic rings. The molecule has 12 heteroatoms. The van der Waals surface area contributed by atoms with Gasteiger partial charge in [-0.15, -0.1) is 0 Å². The zero-order valence-electron chi connectivity index (χ0n) is 16.2. The molecule has 3 rings (SSSR count). The van der Waals surface area contributed by atoms with E-state index in [0.29, 0.717) is 0 Å². The van der Waals surface area contributed by atoms with Crippen LogP contribution in [-0.2, 0) is 0 Å². The molecule has 0 aromatic heterocycles. The number of hydrogen-bond acceptors (Lipinski definition) is 4. The monoisotopic (exact) mass is 464 g/mol. The van der Waals surface area contributed by atoms with Crippen LogP contribution in [0.5, 0.6) is 5.75 Å². The summed E-state index contributed by atoms with van der Waals surface area (Å²) in [6, 6.07) is 11.6. The molecule has 0 bridgehead atoms. The highest BCUT2D eigenvalue weighted by Crippen LogP contribution is 2.54. The number of alkyl halides is 7. The van der Waals surface area contributed by atoms with Gasteiger partial charge in [0.15, 0.2) is 0 Å². The number of carbonyl (C=O) groups is 1. The molecule has 172 valence electrons. The number of aliphatic hydroxyl groups is 1. The minimum atomic E-state index is -6.71. The number of ether oxygens (including phenoxy) is 1. The van der Waals surface area contributed by atoms with Crippen molar-refractivity contribution in [3.05, 3.63) is 65.7 Å². The van der Waals surface area contributed by atoms with E-state index in [0.717, 1.165) is 12.1 Å². The van der Waals surface area contributed by atoms with E-state index in [2.05, 4.69) is 5.10 Å². The van der Waals surface area contributed by atoms with Gasteiger partial charge in [0.2, 0.25) is 5.72 Å². The number of hydrogen-bond donors (Lipinski definition) is 1. The average Bonchev–Trinajstić information content (AvgIpc) is 3.12. The van der Waals surface area contributed by atoms with Crippen LogP contribution >= 0.6 is 0 Å². The Morgan fingerprint density at radius 2 is 1.56 bits per heavy atom. The Kier molecular flexibility index (Phi) is 5.71. The highest BCUT2D eigenvalue weighted by Gasteiger charge is 2.82. The molecule has 2 aromatic carbocycles. The van der Waals surface area contributed by atoms with Crippen molar-refractivity contribution in [2.24, 2.45) is 5.10 Å². The number of benzene rings is 2. The number of amides is 1. The summed E-state index contributed by atoms with van der Waals surface area (Å²) < 4.78 is 100. The lowest BCUT2D eigenvalue weighted by molar-refractivity contribution is -0.400. The molecule has 1 heterocycles. The molecule has 0 saturated heterocycles. The topological polar surface area (TPSA) is 62.1 Å². The summed E-state index contributed by atoms with van der Waals surface area (Å²) in [5, 5.41) is 13.7. The molecule has 32 heavy (non-hydrogen) atoms. The molecule has 1 atom stereocenters. The average molecular weight is 464 g/mol. The minimum absolute atomic E-state index is 0.0436. The summed E-state index contributed by atoms with van der Waals surface area (Å²) in [4.78, 5) is 12.8. The van der Waals surface area contributed by atoms with E-state index in [4.69, 9.17) is 4.74 Å². The van der Waals surface area contributed by atoms with Gasteiger partial charge in [-0.2, -0.15) is 40.8 Å². The van der Waals surface area contributed by atoms with Crippen molar-refractivity contribution in [3.8, 4) is 5.75 Å². The molecular formula is C20H15F7N2O3. The third kappa shape index (κ3) is 3.57. The predicted molar refractivity (Wildman–Crippen MR) is 97.7 cm³/mol. The summed E-state index contributed by atoms with van der Waals surface area (Å²) in [5.41, 5.74) is -5.16. The Bertz CT molecular complexity index is 1020. The van der Waals surface area contributed by atoms with Crippen LogP contribution in [0.25, 0.3) is 0 Å². The van der Waals surface area contributed by atoms with Gasteiger partial charge >= 0.3 is 18.0 Å². The number of hydrazone groups is 1. The standard InChI is InChI=1S/C20H15F7N2O3/c1-32-14-9-7-13(8-10-14)16(30)29-17(31,18(21,22)19(23,24)20(25,26)27)11-15(28-29)12-5-3-2-4-6-12/h2-10,31H,11H2,1H3/t17-/m0/s1. The van der Waals surface area contributed by atoms with Crippen molar-refractivity contribution >= 4 is 11.6 Å². The first-order valence-electron chi connectivity index (χ1n) is 8.92. The number of halogens is 7. The molecule has 0 spiro atoms.